The van der Waals surface area contributed by atoms with Gasteiger partial charge in [0.25, 0.3) is 5.69 Å². The molecule has 0 radical (unpaired) electrons. The zero-order chi connectivity index (χ0) is 15.2. The van der Waals surface area contributed by atoms with Gasteiger partial charge >= 0.3 is 0 Å². The van der Waals surface area contributed by atoms with Gasteiger partial charge in [-0.25, -0.2) is 4.98 Å². The molecule has 0 saturated heterocycles. The number of nitrogens with two attached hydrogens (primary N) is 1. The first-order valence-corrected chi connectivity index (χ1v) is 7.29. The first-order valence-electron chi connectivity index (χ1n) is 7.29. The Balaban J connectivity index is 1.71. The number of rotatable bonds is 6. The van der Waals surface area contributed by atoms with E-state index in [4.69, 9.17) is 10.5 Å². The van der Waals surface area contributed by atoms with Crippen molar-refractivity contribution >= 4 is 11.5 Å². The number of hydrogen-bond acceptors (Lipinski definition) is 6. The van der Waals surface area contributed by atoms with E-state index in [1.807, 2.05) is 0 Å². The van der Waals surface area contributed by atoms with Crippen LogP contribution in [-0.2, 0) is 4.74 Å². The molecule has 0 amide bonds. The number of nitro groups is 1. The van der Waals surface area contributed by atoms with Gasteiger partial charge in [0.1, 0.15) is 11.5 Å². The minimum atomic E-state index is -0.428. The molecule has 1 saturated carbocycles. The van der Waals surface area contributed by atoms with Crippen LogP contribution in [0.4, 0.5) is 11.5 Å². The number of ether oxygens (including phenoxy) is 1. The summed E-state index contributed by atoms with van der Waals surface area (Å²) in [5.74, 6) is 0.632. The van der Waals surface area contributed by atoms with Crippen LogP contribution in [0.1, 0.15) is 31.4 Å². The highest BCUT2D eigenvalue weighted by atomic mass is 16.6. The Morgan fingerprint density at radius 3 is 2.76 bits per heavy atom. The lowest BCUT2D eigenvalue weighted by molar-refractivity contribution is -0.385. The quantitative estimate of drug-likeness (QED) is 0.472. The molecule has 7 nitrogen and oxygen atoms in total. The minimum absolute atomic E-state index is 0.0374. The Morgan fingerprint density at radius 2 is 2.14 bits per heavy atom. The molecule has 0 aliphatic heterocycles. The predicted octanol–water partition coefficient (Wildman–Crippen LogP) is 2.00. The molecule has 3 N–H and O–H groups in total. The lowest BCUT2D eigenvalue weighted by Crippen LogP contribution is -2.31. The van der Waals surface area contributed by atoms with E-state index in [1.165, 1.54) is 6.07 Å². The Labute approximate surface area is 124 Å². The molecule has 0 spiro atoms. The lowest BCUT2D eigenvalue weighted by atomic mass is 9.94. The topological polar surface area (TPSA) is 103 Å². The Bertz CT molecular complexity index is 487. The molecule has 1 heterocycles. The highest BCUT2D eigenvalue weighted by Gasteiger charge is 2.18. The van der Waals surface area contributed by atoms with Crippen LogP contribution in [0.2, 0.25) is 0 Å². The maximum Gasteiger partial charge on any atom is 0.290 e. The number of aromatic nitrogens is 1. The minimum Gasteiger partial charge on any atom is -0.376 e. The van der Waals surface area contributed by atoms with Gasteiger partial charge in [0, 0.05) is 18.7 Å². The van der Waals surface area contributed by atoms with Crippen molar-refractivity contribution in [3.05, 3.63) is 27.9 Å². The van der Waals surface area contributed by atoms with Crippen LogP contribution in [0.3, 0.4) is 0 Å². The molecule has 2 rings (SSSR count). The van der Waals surface area contributed by atoms with Crippen molar-refractivity contribution in [3.63, 3.8) is 0 Å². The van der Waals surface area contributed by atoms with Crippen molar-refractivity contribution in [2.24, 2.45) is 5.73 Å². The summed E-state index contributed by atoms with van der Waals surface area (Å²) >= 11 is 0. The van der Waals surface area contributed by atoms with Gasteiger partial charge in [-0.15, -0.1) is 0 Å². The summed E-state index contributed by atoms with van der Waals surface area (Å²) in [7, 11) is 0. The maximum atomic E-state index is 10.7. The van der Waals surface area contributed by atoms with E-state index in [0.29, 0.717) is 36.8 Å². The monoisotopic (exact) mass is 294 g/mol. The van der Waals surface area contributed by atoms with Gasteiger partial charge in [-0.1, -0.05) is 0 Å². The first kappa shape index (κ1) is 15.7. The second-order valence-corrected chi connectivity index (χ2v) is 5.39. The lowest BCUT2D eigenvalue weighted by Gasteiger charge is -2.26. The summed E-state index contributed by atoms with van der Waals surface area (Å²) in [5, 5.41) is 13.8. The molecular weight excluding hydrogens is 272 g/mol. The first-order chi connectivity index (χ1) is 10.1. The van der Waals surface area contributed by atoms with Crippen LogP contribution < -0.4 is 11.1 Å². The zero-order valence-electron chi connectivity index (χ0n) is 12.2. The van der Waals surface area contributed by atoms with E-state index >= 15 is 0 Å². The fraction of sp³-hybridized carbons (Fsp3) is 0.643. The van der Waals surface area contributed by atoms with Crippen LogP contribution in [0.15, 0.2) is 12.1 Å². The van der Waals surface area contributed by atoms with Gasteiger partial charge in [0.15, 0.2) is 0 Å². The molecule has 1 aliphatic rings. The van der Waals surface area contributed by atoms with Gasteiger partial charge in [-0.05, 0) is 38.7 Å². The van der Waals surface area contributed by atoms with E-state index in [-0.39, 0.29) is 5.69 Å². The molecule has 0 bridgehead atoms. The molecule has 1 aliphatic carbocycles. The molecule has 1 aromatic heterocycles. The zero-order valence-corrected chi connectivity index (χ0v) is 12.2. The van der Waals surface area contributed by atoms with Crippen LogP contribution in [0.25, 0.3) is 0 Å². The van der Waals surface area contributed by atoms with Crippen molar-refractivity contribution in [1.29, 1.82) is 0 Å². The van der Waals surface area contributed by atoms with E-state index in [9.17, 15) is 10.1 Å². The summed E-state index contributed by atoms with van der Waals surface area (Å²) in [6.07, 6.45) is 4.41. The number of anilines is 1. The van der Waals surface area contributed by atoms with Gasteiger partial charge in [-0.2, -0.15) is 0 Å². The second-order valence-electron chi connectivity index (χ2n) is 5.39. The van der Waals surface area contributed by atoms with Gasteiger partial charge in [0.2, 0.25) is 0 Å². The maximum absolute atomic E-state index is 10.7. The van der Waals surface area contributed by atoms with Crippen molar-refractivity contribution in [1.82, 2.24) is 4.98 Å². The van der Waals surface area contributed by atoms with Crippen LogP contribution >= 0.6 is 0 Å². The molecule has 0 aromatic carbocycles. The van der Waals surface area contributed by atoms with E-state index in [0.717, 1.165) is 25.7 Å². The van der Waals surface area contributed by atoms with Gasteiger partial charge in [-0.3, -0.25) is 10.1 Å². The Hall–Kier alpha value is -1.73. The summed E-state index contributed by atoms with van der Waals surface area (Å²) in [4.78, 5) is 14.4. The third-order valence-corrected chi connectivity index (χ3v) is 3.74. The molecular formula is C14H22N4O3. The van der Waals surface area contributed by atoms with E-state index < -0.39 is 4.92 Å². The summed E-state index contributed by atoms with van der Waals surface area (Å²) in [5.41, 5.74) is 6.30. The summed E-state index contributed by atoms with van der Waals surface area (Å²) in [6.45, 7) is 2.86. The number of pyridine rings is 1. The number of nitrogens with one attached hydrogen (secondary N) is 1. The molecule has 0 atom stereocenters. The largest absolute Gasteiger partial charge is 0.376 e. The smallest absolute Gasteiger partial charge is 0.290 e. The number of hydrogen-bond donors (Lipinski definition) is 2. The second kappa shape index (κ2) is 7.33. The standard InChI is InChI=1S/C14H22N4O3/c1-10-13(18(19)20)6-7-14(17-10)16-8-9-21-12-4-2-11(15)3-5-12/h6-7,11-12H,2-5,8-9,15H2,1H3,(H,16,17). The molecule has 0 unspecified atom stereocenters. The average molecular weight is 294 g/mol. The summed E-state index contributed by atoms with van der Waals surface area (Å²) < 4.78 is 5.79. The van der Waals surface area contributed by atoms with Crippen molar-refractivity contribution in [3.8, 4) is 0 Å². The highest BCUT2D eigenvalue weighted by Crippen LogP contribution is 2.20. The Kier molecular flexibility index (Phi) is 5.46. The normalized spacial score (nSPS) is 22.0. The summed E-state index contributed by atoms with van der Waals surface area (Å²) in [6, 6.07) is 3.41. The third-order valence-electron chi connectivity index (χ3n) is 3.74. The number of aryl methyl sites for hydroxylation is 1. The fourth-order valence-electron chi connectivity index (χ4n) is 2.51. The predicted molar refractivity (Wildman–Crippen MR) is 80.3 cm³/mol. The van der Waals surface area contributed by atoms with E-state index in [2.05, 4.69) is 10.3 Å². The van der Waals surface area contributed by atoms with Crippen LogP contribution in [0.5, 0.6) is 0 Å². The van der Waals surface area contributed by atoms with Crippen molar-refractivity contribution < 1.29 is 9.66 Å². The molecule has 7 heteroatoms. The third kappa shape index (κ3) is 4.64. The van der Waals surface area contributed by atoms with Gasteiger partial charge in [0.05, 0.1) is 17.6 Å². The molecule has 1 aromatic rings. The van der Waals surface area contributed by atoms with Crippen LogP contribution in [0, 0.1) is 17.0 Å². The molecule has 1 fully saturated rings. The fourth-order valence-corrected chi connectivity index (χ4v) is 2.51. The Morgan fingerprint density at radius 1 is 1.43 bits per heavy atom. The molecule has 21 heavy (non-hydrogen) atoms. The highest BCUT2D eigenvalue weighted by molar-refractivity contribution is 5.44. The number of nitrogens with zero attached hydrogens (tertiary/aromatic N) is 2. The average Bonchev–Trinajstić information content (AvgIpc) is 2.45. The molecule has 116 valence electrons. The van der Waals surface area contributed by atoms with Crippen molar-refractivity contribution in [2.45, 2.75) is 44.8 Å². The van der Waals surface area contributed by atoms with Crippen LogP contribution in [-0.4, -0.2) is 35.2 Å². The SMILES string of the molecule is Cc1nc(NCCOC2CCC(N)CC2)ccc1[N+](=O)[O-]. The van der Waals surface area contributed by atoms with E-state index in [1.54, 1.807) is 13.0 Å². The van der Waals surface area contributed by atoms with Gasteiger partial charge < -0.3 is 15.8 Å². The van der Waals surface area contributed by atoms with Crippen molar-refractivity contribution in [2.75, 3.05) is 18.5 Å².